The van der Waals surface area contributed by atoms with Gasteiger partial charge in [-0.2, -0.15) is 0 Å². The number of carbonyl (C=O) groups excluding carboxylic acids is 1. The molecule has 0 aliphatic rings. The lowest BCUT2D eigenvalue weighted by molar-refractivity contribution is -0.384. The minimum Gasteiger partial charge on any atom is -0.313 e. The number of carbonyl (C=O) groups is 1. The van der Waals surface area contributed by atoms with Gasteiger partial charge in [-0.1, -0.05) is 5.16 Å². The quantitative estimate of drug-likeness (QED) is 0.374. The lowest BCUT2D eigenvalue weighted by Gasteiger charge is -2.02. The summed E-state index contributed by atoms with van der Waals surface area (Å²) in [5, 5.41) is 14.1. The SMILES string of the molecule is C/C(=N\OC(=O)c1ccc([N+](=O)[O-])cc1)c1ccc(F)c(F)c1. The Hall–Kier alpha value is -3.16. The van der Waals surface area contributed by atoms with Crippen molar-refractivity contribution in [1.29, 1.82) is 0 Å². The first-order chi connectivity index (χ1) is 10.9. The maximum Gasteiger partial charge on any atom is 0.365 e. The molecule has 0 N–H and O–H groups in total. The standard InChI is InChI=1S/C15H10F2N2O4/c1-9(11-4-7-13(16)14(17)8-11)18-23-15(20)10-2-5-12(6-3-10)19(21)22/h2-8H,1H3/b18-9+. The van der Waals surface area contributed by atoms with Crippen LogP contribution in [0.4, 0.5) is 14.5 Å². The predicted molar refractivity (Wildman–Crippen MR) is 77.1 cm³/mol. The summed E-state index contributed by atoms with van der Waals surface area (Å²) < 4.78 is 26.0. The summed E-state index contributed by atoms with van der Waals surface area (Å²) in [4.78, 5) is 26.3. The largest absolute Gasteiger partial charge is 0.365 e. The summed E-state index contributed by atoms with van der Waals surface area (Å²) in [6.07, 6.45) is 0. The number of non-ortho nitro benzene ring substituents is 1. The van der Waals surface area contributed by atoms with Crippen molar-refractivity contribution in [3.63, 3.8) is 0 Å². The number of oxime groups is 1. The van der Waals surface area contributed by atoms with E-state index in [-0.39, 0.29) is 22.5 Å². The van der Waals surface area contributed by atoms with Crippen LogP contribution in [0.2, 0.25) is 0 Å². The fourth-order valence-electron chi connectivity index (χ4n) is 1.66. The van der Waals surface area contributed by atoms with Gasteiger partial charge < -0.3 is 4.84 Å². The van der Waals surface area contributed by atoms with E-state index in [1.807, 2.05) is 0 Å². The van der Waals surface area contributed by atoms with E-state index in [4.69, 9.17) is 0 Å². The molecule has 0 spiro atoms. The highest BCUT2D eigenvalue weighted by atomic mass is 19.2. The second kappa shape index (κ2) is 6.73. The molecule has 6 nitrogen and oxygen atoms in total. The summed E-state index contributed by atoms with van der Waals surface area (Å²) in [6, 6.07) is 7.91. The highest BCUT2D eigenvalue weighted by Gasteiger charge is 2.11. The second-order valence-electron chi connectivity index (χ2n) is 4.49. The Morgan fingerprint density at radius 2 is 1.70 bits per heavy atom. The summed E-state index contributed by atoms with van der Waals surface area (Å²) in [5.41, 5.74) is 0.319. The topological polar surface area (TPSA) is 81.8 Å². The molecular formula is C15H10F2N2O4. The molecular weight excluding hydrogens is 310 g/mol. The Labute approximate surface area is 129 Å². The molecule has 2 rings (SSSR count). The number of nitro groups is 1. The summed E-state index contributed by atoms with van der Waals surface area (Å²) >= 11 is 0. The van der Waals surface area contributed by atoms with E-state index in [1.165, 1.54) is 25.1 Å². The van der Waals surface area contributed by atoms with Crippen molar-refractivity contribution in [3.05, 3.63) is 75.3 Å². The highest BCUT2D eigenvalue weighted by molar-refractivity contribution is 5.99. The molecule has 0 amide bonds. The average Bonchev–Trinajstić information content (AvgIpc) is 2.54. The lowest BCUT2D eigenvalue weighted by Crippen LogP contribution is -2.04. The van der Waals surface area contributed by atoms with Crippen LogP contribution >= 0.6 is 0 Å². The molecule has 2 aromatic rings. The Morgan fingerprint density at radius 3 is 2.26 bits per heavy atom. The van der Waals surface area contributed by atoms with E-state index in [9.17, 15) is 23.7 Å². The van der Waals surface area contributed by atoms with Crippen LogP contribution in [0.3, 0.4) is 0 Å². The summed E-state index contributed by atoms with van der Waals surface area (Å²) in [7, 11) is 0. The molecule has 0 unspecified atom stereocenters. The minimum absolute atomic E-state index is 0.0671. The molecule has 0 aliphatic carbocycles. The van der Waals surface area contributed by atoms with E-state index >= 15 is 0 Å². The van der Waals surface area contributed by atoms with Crippen molar-refractivity contribution in [1.82, 2.24) is 0 Å². The molecule has 0 radical (unpaired) electrons. The van der Waals surface area contributed by atoms with Crippen LogP contribution in [0, 0.1) is 21.7 Å². The summed E-state index contributed by atoms with van der Waals surface area (Å²) in [6.45, 7) is 1.45. The van der Waals surface area contributed by atoms with Crippen LogP contribution in [0.15, 0.2) is 47.6 Å². The van der Waals surface area contributed by atoms with Gasteiger partial charge in [-0.25, -0.2) is 13.6 Å². The molecule has 0 fully saturated rings. The molecule has 2 aromatic carbocycles. The molecule has 118 valence electrons. The normalized spacial score (nSPS) is 11.2. The number of halogens is 2. The van der Waals surface area contributed by atoms with Crippen LogP contribution in [-0.2, 0) is 4.84 Å². The van der Waals surface area contributed by atoms with E-state index in [1.54, 1.807) is 0 Å². The van der Waals surface area contributed by atoms with E-state index in [0.29, 0.717) is 0 Å². The maximum atomic E-state index is 13.1. The smallest absolute Gasteiger partial charge is 0.313 e. The fourth-order valence-corrected chi connectivity index (χ4v) is 1.66. The number of nitro benzene ring substituents is 1. The Morgan fingerprint density at radius 1 is 1.09 bits per heavy atom. The second-order valence-corrected chi connectivity index (χ2v) is 4.49. The van der Waals surface area contributed by atoms with Crippen LogP contribution < -0.4 is 0 Å². The van der Waals surface area contributed by atoms with Gasteiger partial charge in [-0.05, 0) is 37.3 Å². The predicted octanol–water partition coefficient (Wildman–Crippen LogP) is 3.45. The maximum absolute atomic E-state index is 13.1. The van der Waals surface area contributed by atoms with Gasteiger partial charge in [0.1, 0.15) is 0 Å². The molecule has 23 heavy (non-hydrogen) atoms. The van der Waals surface area contributed by atoms with Gasteiger partial charge in [0.25, 0.3) is 5.69 Å². The molecule has 8 heteroatoms. The molecule has 0 aromatic heterocycles. The summed E-state index contributed by atoms with van der Waals surface area (Å²) in [5.74, 6) is -2.87. The van der Waals surface area contributed by atoms with Crippen LogP contribution in [0.5, 0.6) is 0 Å². The van der Waals surface area contributed by atoms with Gasteiger partial charge in [-0.3, -0.25) is 10.1 Å². The van der Waals surface area contributed by atoms with Gasteiger partial charge in [0, 0.05) is 17.7 Å². The first kappa shape index (κ1) is 16.2. The molecule has 0 aliphatic heterocycles. The van der Waals surface area contributed by atoms with Gasteiger partial charge in [0.05, 0.1) is 16.2 Å². The zero-order valence-corrected chi connectivity index (χ0v) is 11.8. The van der Waals surface area contributed by atoms with Crippen LogP contribution in [-0.4, -0.2) is 16.6 Å². The van der Waals surface area contributed by atoms with E-state index < -0.39 is 22.5 Å². The Kier molecular flexibility index (Phi) is 4.75. The number of rotatable bonds is 4. The Bertz CT molecular complexity index is 789. The molecule has 0 saturated carbocycles. The number of hydrogen-bond donors (Lipinski definition) is 0. The van der Waals surface area contributed by atoms with Crippen molar-refractivity contribution in [2.75, 3.05) is 0 Å². The Balaban J connectivity index is 2.10. The van der Waals surface area contributed by atoms with Crippen molar-refractivity contribution in [2.24, 2.45) is 5.16 Å². The molecule has 0 heterocycles. The monoisotopic (exact) mass is 320 g/mol. The molecule has 0 saturated heterocycles. The number of benzene rings is 2. The lowest BCUT2D eigenvalue weighted by atomic mass is 10.1. The van der Waals surface area contributed by atoms with Gasteiger partial charge >= 0.3 is 5.97 Å². The van der Waals surface area contributed by atoms with Crippen molar-refractivity contribution < 1.29 is 23.3 Å². The fraction of sp³-hybridized carbons (Fsp3) is 0.0667. The van der Waals surface area contributed by atoms with Gasteiger partial charge in [-0.15, -0.1) is 0 Å². The molecule has 0 bridgehead atoms. The van der Waals surface area contributed by atoms with Gasteiger partial charge in [0.15, 0.2) is 11.6 Å². The van der Waals surface area contributed by atoms with Crippen molar-refractivity contribution in [3.8, 4) is 0 Å². The zero-order valence-electron chi connectivity index (χ0n) is 11.8. The average molecular weight is 320 g/mol. The minimum atomic E-state index is -1.04. The first-order valence-electron chi connectivity index (χ1n) is 6.34. The molecule has 0 atom stereocenters. The van der Waals surface area contributed by atoms with Crippen molar-refractivity contribution >= 4 is 17.4 Å². The zero-order chi connectivity index (χ0) is 17.0. The third-order valence-electron chi connectivity index (χ3n) is 2.92. The van der Waals surface area contributed by atoms with E-state index in [0.717, 1.165) is 24.3 Å². The van der Waals surface area contributed by atoms with Crippen LogP contribution in [0.25, 0.3) is 0 Å². The third-order valence-corrected chi connectivity index (χ3v) is 2.92. The van der Waals surface area contributed by atoms with E-state index in [2.05, 4.69) is 9.99 Å². The number of nitrogens with zero attached hydrogens (tertiary/aromatic N) is 2. The highest BCUT2D eigenvalue weighted by Crippen LogP contribution is 2.13. The third kappa shape index (κ3) is 3.94. The first-order valence-corrected chi connectivity index (χ1v) is 6.34. The van der Waals surface area contributed by atoms with Crippen molar-refractivity contribution in [2.45, 2.75) is 6.92 Å². The van der Waals surface area contributed by atoms with Crippen LogP contribution in [0.1, 0.15) is 22.8 Å². The van der Waals surface area contributed by atoms with Gasteiger partial charge in [0.2, 0.25) is 0 Å². The number of hydrogen-bond acceptors (Lipinski definition) is 5.